The first-order valence-electron chi connectivity index (χ1n) is 2.80. The van der Waals surface area contributed by atoms with Gasteiger partial charge in [-0.2, -0.15) is 0 Å². The minimum atomic E-state index is 1.18. The molecule has 0 saturated heterocycles. The second kappa shape index (κ2) is 2.93. The van der Waals surface area contributed by atoms with Crippen LogP contribution in [0, 0.1) is 0 Å². The Kier molecular flexibility index (Phi) is 2.18. The molecule has 0 aromatic heterocycles. The molecule has 0 aliphatic rings. The summed E-state index contributed by atoms with van der Waals surface area (Å²) in [7, 11) is 1.92. The fourth-order valence-corrected chi connectivity index (χ4v) is 1.26. The molecular weight excluding hydrogens is 173 g/mol. The number of anilines is 1. The van der Waals surface area contributed by atoms with Crippen LogP contribution < -0.4 is 9.67 Å². The van der Waals surface area contributed by atoms with Gasteiger partial charge in [0.15, 0.2) is 0 Å². The number of hydrogen-bond donors (Lipinski definition) is 1. The van der Waals surface area contributed by atoms with E-state index < -0.39 is 0 Å². The van der Waals surface area contributed by atoms with Crippen molar-refractivity contribution in [2.75, 3.05) is 12.4 Å². The van der Waals surface area contributed by atoms with Gasteiger partial charge < -0.3 is 0 Å². The molecule has 0 saturated carbocycles. The molecule has 0 amide bonds. The quantitative estimate of drug-likeness (QED) is 0.623. The molecule has 0 atom stereocenters. The standard InChI is InChI=1S/C7H8AsN/c1-9-7-5-3-2-4-6(7)8/h2-5,9H,1H3. The van der Waals surface area contributed by atoms with E-state index in [4.69, 9.17) is 0 Å². The molecule has 0 aliphatic carbocycles. The summed E-state index contributed by atoms with van der Waals surface area (Å²) in [4.78, 5) is 0. The predicted molar refractivity (Wildman–Crippen MR) is 41.4 cm³/mol. The molecule has 0 bridgehead atoms. The third kappa shape index (κ3) is 1.49. The van der Waals surface area contributed by atoms with Gasteiger partial charge in [-0.1, -0.05) is 0 Å². The maximum absolute atomic E-state index is 3.08. The number of hydrogen-bond acceptors (Lipinski definition) is 1. The van der Waals surface area contributed by atoms with E-state index in [1.165, 1.54) is 10.0 Å². The van der Waals surface area contributed by atoms with Crippen LogP contribution in [0.1, 0.15) is 0 Å². The van der Waals surface area contributed by atoms with Crippen LogP contribution in [0.2, 0.25) is 0 Å². The van der Waals surface area contributed by atoms with Gasteiger partial charge in [0.1, 0.15) is 0 Å². The SMILES string of the molecule is CNc1ccccc1[As]. The minimum absolute atomic E-state index is 1.18. The Morgan fingerprint density at radius 2 is 2.00 bits per heavy atom. The molecule has 1 rings (SSSR count). The van der Waals surface area contributed by atoms with E-state index in [1.807, 2.05) is 25.2 Å². The van der Waals surface area contributed by atoms with E-state index >= 15 is 0 Å². The van der Waals surface area contributed by atoms with Crippen LogP contribution in [0.4, 0.5) is 5.69 Å². The van der Waals surface area contributed by atoms with Crippen molar-refractivity contribution in [3.05, 3.63) is 24.3 Å². The van der Waals surface area contributed by atoms with E-state index in [-0.39, 0.29) is 0 Å². The van der Waals surface area contributed by atoms with Crippen LogP contribution in [0.3, 0.4) is 0 Å². The van der Waals surface area contributed by atoms with Crippen molar-refractivity contribution < 1.29 is 0 Å². The summed E-state index contributed by atoms with van der Waals surface area (Å²) in [6.07, 6.45) is 0. The van der Waals surface area contributed by atoms with E-state index in [2.05, 4.69) is 28.2 Å². The monoisotopic (exact) mass is 181 g/mol. The van der Waals surface area contributed by atoms with Gasteiger partial charge in [-0.15, -0.1) is 0 Å². The van der Waals surface area contributed by atoms with Gasteiger partial charge >= 0.3 is 63.5 Å². The van der Waals surface area contributed by atoms with Gasteiger partial charge in [-0.05, 0) is 0 Å². The molecular formula is C7H8AsN. The Balaban J connectivity index is 3.01. The summed E-state index contributed by atoms with van der Waals surface area (Å²) in [5, 5.41) is 3.08. The molecule has 46 valence electrons. The Bertz CT molecular complexity index is 198. The molecule has 0 aliphatic heterocycles. The summed E-state index contributed by atoms with van der Waals surface area (Å²) in [6.45, 7) is 0. The summed E-state index contributed by atoms with van der Waals surface area (Å²) >= 11 is 2.52. The molecule has 2 heteroatoms. The van der Waals surface area contributed by atoms with Gasteiger partial charge in [-0.25, -0.2) is 0 Å². The van der Waals surface area contributed by atoms with Crippen molar-refractivity contribution in [2.45, 2.75) is 0 Å². The zero-order valence-corrected chi connectivity index (χ0v) is 7.13. The van der Waals surface area contributed by atoms with Gasteiger partial charge in [0.25, 0.3) is 0 Å². The molecule has 0 unspecified atom stereocenters. The number of nitrogens with one attached hydrogen (secondary N) is 1. The molecule has 0 fully saturated rings. The molecule has 0 heterocycles. The van der Waals surface area contributed by atoms with Gasteiger partial charge in [0, 0.05) is 0 Å². The van der Waals surface area contributed by atoms with E-state index in [9.17, 15) is 0 Å². The third-order valence-electron chi connectivity index (χ3n) is 1.17. The summed E-state index contributed by atoms with van der Waals surface area (Å²) in [5.74, 6) is 0. The second-order valence-electron chi connectivity index (χ2n) is 1.77. The summed E-state index contributed by atoms with van der Waals surface area (Å²) in [5.41, 5.74) is 1.18. The Morgan fingerprint density at radius 3 is 2.44 bits per heavy atom. The first-order chi connectivity index (χ1) is 4.34. The zero-order valence-electron chi connectivity index (χ0n) is 5.26. The third-order valence-corrected chi connectivity index (χ3v) is 1.99. The first-order valence-corrected chi connectivity index (χ1v) is 3.74. The van der Waals surface area contributed by atoms with Crippen molar-refractivity contribution in [2.24, 2.45) is 0 Å². The van der Waals surface area contributed by atoms with Crippen LogP contribution in [-0.2, 0) is 0 Å². The van der Waals surface area contributed by atoms with Crippen molar-refractivity contribution >= 4 is 26.9 Å². The van der Waals surface area contributed by atoms with Gasteiger partial charge in [-0.3, -0.25) is 0 Å². The predicted octanol–water partition coefficient (Wildman–Crippen LogP) is 0.522. The van der Waals surface area contributed by atoms with Crippen LogP contribution >= 0.6 is 0 Å². The molecule has 1 nitrogen and oxygen atoms in total. The zero-order chi connectivity index (χ0) is 6.69. The molecule has 0 spiro atoms. The van der Waals surface area contributed by atoms with Crippen molar-refractivity contribution in [1.29, 1.82) is 0 Å². The van der Waals surface area contributed by atoms with Crippen LogP contribution in [0.15, 0.2) is 24.3 Å². The van der Waals surface area contributed by atoms with Crippen molar-refractivity contribution in [1.82, 2.24) is 0 Å². The van der Waals surface area contributed by atoms with Crippen LogP contribution in [-0.4, -0.2) is 23.9 Å². The van der Waals surface area contributed by atoms with Crippen molar-refractivity contribution in [3.63, 3.8) is 0 Å². The number of para-hydroxylation sites is 1. The molecule has 1 aromatic carbocycles. The Morgan fingerprint density at radius 1 is 1.33 bits per heavy atom. The number of benzene rings is 1. The molecule has 9 heavy (non-hydrogen) atoms. The van der Waals surface area contributed by atoms with Gasteiger partial charge in [0.2, 0.25) is 0 Å². The van der Waals surface area contributed by atoms with Crippen LogP contribution in [0.5, 0.6) is 0 Å². The summed E-state index contributed by atoms with van der Waals surface area (Å²) < 4.78 is 1.23. The second-order valence-corrected chi connectivity index (χ2v) is 2.78. The molecule has 1 aromatic rings. The maximum atomic E-state index is 3.08. The fraction of sp³-hybridized carbons (Fsp3) is 0.143. The first kappa shape index (κ1) is 6.70. The van der Waals surface area contributed by atoms with E-state index in [1.54, 1.807) is 0 Å². The fourth-order valence-electron chi connectivity index (χ4n) is 0.685. The van der Waals surface area contributed by atoms with Gasteiger partial charge in [0.05, 0.1) is 0 Å². The Labute approximate surface area is 64.0 Å². The average Bonchev–Trinajstić information content (AvgIpc) is 1.89. The van der Waals surface area contributed by atoms with Crippen LogP contribution in [0.25, 0.3) is 0 Å². The molecule has 2 radical (unpaired) electrons. The number of rotatable bonds is 1. The topological polar surface area (TPSA) is 12.0 Å². The van der Waals surface area contributed by atoms with E-state index in [0.717, 1.165) is 0 Å². The normalized spacial score (nSPS) is 9.11. The summed E-state index contributed by atoms with van der Waals surface area (Å²) in [6, 6.07) is 8.15. The molecule has 1 N–H and O–H groups in total. The van der Waals surface area contributed by atoms with E-state index in [0.29, 0.717) is 0 Å². The van der Waals surface area contributed by atoms with Crippen molar-refractivity contribution in [3.8, 4) is 0 Å². The Hall–Kier alpha value is -0.422. The average molecular weight is 181 g/mol.